The Morgan fingerprint density at radius 1 is 1.41 bits per heavy atom. The molecule has 0 aliphatic carbocycles. The summed E-state index contributed by atoms with van der Waals surface area (Å²) in [6, 6.07) is 1.05. The quantitative estimate of drug-likeness (QED) is 0.411. The molecular weight excluding hydrogens is 339 g/mol. The summed E-state index contributed by atoms with van der Waals surface area (Å²) in [7, 11) is -4.64. The van der Waals surface area contributed by atoms with Crippen LogP contribution in [0.15, 0.2) is 0 Å². The van der Waals surface area contributed by atoms with Crippen LogP contribution in [-0.2, 0) is 22.5 Å². The zero-order valence-corrected chi connectivity index (χ0v) is 16.9. The van der Waals surface area contributed by atoms with Gasteiger partial charge in [-0.2, -0.15) is 0 Å². The van der Waals surface area contributed by atoms with Gasteiger partial charge in [-0.3, -0.25) is 9.13 Å². The fourth-order valence-corrected chi connectivity index (χ4v) is 4.49. The number of hydrogen-bond donors (Lipinski definition) is 1. The summed E-state index contributed by atoms with van der Waals surface area (Å²) in [6.45, 7) is 11.1. The van der Waals surface area contributed by atoms with Crippen molar-refractivity contribution in [1.82, 2.24) is 9.55 Å². The molecule has 1 unspecified atom stereocenters. The first-order valence-electron chi connectivity index (χ1n) is 7.69. The normalized spacial score (nSPS) is 15.0. The second-order valence-corrected chi connectivity index (χ2v) is 15.1. The predicted molar refractivity (Wildman–Crippen MR) is 95.3 cm³/mol. The number of halogens is 1. The van der Waals surface area contributed by atoms with Crippen molar-refractivity contribution in [2.45, 2.75) is 58.6 Å². The van der Waals surface area contributed by atoms with Crippen molar-refractivity contribution < 1.29 is 14.2 Å². The molecule has 0 bridgehead atoms. The minimum Gasteiger partial charge on any atom is -0.361 e. The Morgan fingerprint density at radius 2 is 2.05 bits per heavy atom. The number of aromatic nitrogens is 2. The smallest absolute Gasteiger partial charge is 0.245 e. The van der Waals surface area contributed by atoms with E-state index in [0.717, 1.165) is 31.1 Å². The zero-order valence-electron chi connectivity index (χ0n) is 14.2. The highest BCUT2D eigenvalue weighted by atomic mass is 35.5. The van der Waals surface area contributed by atoms with Crippen LogP contribution >= 0.6 is 19.0 Å². The van der Waals surface area contributed by atoms with E-state index >= 15 is 0 Å². The molecule has 1 atom stereocenters. The molecule has 0 aliphatic heterocycles. The molecule has 1 heterocycles. The second kappa shape index (κ2) is 8.11. The van der Waals surface area contributed by atoms with Gasteiger partial charge in [-0.15, -0.1) is 0 Å². The number of ether oxygens (including phenoxy) is 1. The average Bonchev–Trinajstić information content (AvgIpc) is 2.67. The molecule has 1 aromatic rings. The Morgan fingerprint density at radius 3 is 2.55 bits per heavy atom. The average molecular weight is 367 g/mol. The lowest BCUT2D eigenvalue weighted by Gasteiger charge is -2.17. The fraction of sp³-hybridized carbons (Fsp3) is 0.786. The molecule has 0 amide bonds. The van der Waals surface area contributed by atoms with Gasteiger partial charge in [0.15, 0.2) is 5.15 Å². The monoisotopic (exact) mass is 366 g/mol. The van der Waals surface area contributed by atoms with Gasteiger partial charge in [0.2, 0.25) is 7.37 Å². The molecule has 0 radical (unpaired) electrons. The number of aryl methyl sites for hydroxylation is 1. The molecule has 128 valence electrons. The van der Waals surface area contributed by atoms with Gasteiger partial charge in [-0.25, -0.2) is 4.98 Å². The van der Waals surface area contributed by atoms with Gasteiger partial charge >= 0.3 is 0 Å². The number of hydrogen-bond acceptors (Lipinski definition) is 3. The largest absolute Gasteiger partial charge is 0.361 e. The number of rotatable bonds is 9. The molecule has 0 saturated heterocycles. The summed E-state index contributed by atoms with van der Waals surface area (Å²) in [5.41, 5.74) is 0.202. The Bertz CT molecular complexity index is 537. The molecule has 0 spiro atoms. The first kappa shape index (κ1) is 19.9. The van der Waals surface area contributed by atoms with E-state index in [1.54, 1.807) is 4.57 Å². The lowest BCUT2D eigenvalue weighted by atomic mass is 10.2. The van der Waals surface area contributed by atoms with E-state index in [9.17, 15) is 9.46 Å². The summed E-state index contributed by atoms with van der Waals surface area (Å²) in [6.07, 6.45) is 2.72. The third-order valence-electron chi connectivity index (χ3n) is 3.34. The van der Waals surface area contributed by atoms with Crippen LogP contribution in [0.5, 0.6) is 0 Å². The van der Waals surface area contributed by atoms with Gasteiger partial charge < -0.3 is 9.63 Å². The van der Waals surface area contributed by atoms with Gasteiger partial charge in [0.05, 0.1) is 0 Å². The van der Waals surface area contributed by atoms with Gasteiger partial charge in [0.25, 0.3) is 0 Å². The molecule has 1 N–H and O–H groups in total. The van der Waals surface area contributed by atoms with Crippen molar-refractivity contribution in [1.29, 1.82) is 0 Å². The van der Waals surface area contributed by atoms with E-state index in [0.29, 0.717) is 6.61 Å². The Hall–Kier alpha value is -0.133. The van der Waals surface area contributed by atoms with Crippen LogP contribution in [0.2, 0.25) is 30.8 Å². The fourth-order valence-electron chi connectivity index (χ4n) is 2.05. The minimum absolute atomic E-state index is 0.119. The van der Waals surface area contributed by atoms with Gasteiger partial charge in [-0.05, 0) is 12.5 Å². The zero-order chi connectivity index (χ0) is 17.0. The van der Waals surface area contributed by atoms with Crippen LogP contribution in [0.25, 0.3) is 0 Å². The van der Waals surface area contributed by atoms with E-state index in [4.69, 9.17) is 16.3 Å². The molecule has 22 heavy (non-hydrogen) atoms. The van der Waals surface area contributed by atoms with Crippen LogP contribution in [0.1, 0.15) is 25.6 Å². The van der Waals surface area contributed by atoms with E-state index in [2.05, 4.69) is 31.5 Å². The lowest BCUT2D eigenvalue weighted by molar-refractivity contribution is 0.0868. The highest BCUT2D eigenvalue weighted by Crippen LogP contribution is 2.37. The third-order valence-corrected chi connectivity index (χ3v) is 6.68. The summed E-state index contributed by atoms with van der Waals surface area (Å²) in [5, 5.41) is 0.119. The standard InChI is InChI=1S/C14H28ClN2O3PSi/c1-6-7-8-12-16-13(15)14(21(2,18)19)17(12)11-20-9-10-22(3,4)5/h6-11H2,1-5H3,(H,18,19). The van der Waals surface area contributed by atoms with Crippen LogP contribution < -0.4 is 5.44 Å². The van der Waals surface area contributed by atoms with Gasteiger partial charge in [0.1, 0.15) is 18.0 Å². The Balaban J connectivity index is 2.90. The predicted octanol–water partition coefficient (Wildman–Crippen LogP) is 3.72. The molecule has 0 fully saturated rings. The maximum atomic E-state index is 12.1. The van der Waals surface area contributed by atoms with E-state index < -0.39 is 15.4 Å². The third kappa shape index (κ3) is 6.17. The molecule has 1 aromatic heterocycles. The molecule has 8 heteroatoms. The molecule has 1 rings (SSSR count). The Labute approximate surface area is 139 Å². The van der Waals surface area contributed by atoms with Crippen LogP contribution in [0, 0.1) is 0 Å². The summed E-state index contributed by atoms with van der Waals surface area (Å²) in [5.74, 6) is 0.728. The second-order valence-electron chi connectivity index (χ2n) is 6.90. The van der Waals surface area contributed by atoms with Crippen LogP contribution in [0.3, 0.4) is 0 Å². The number of nitrogens with zero attached hydrogens (tertiary/aromatic N) is 2. The first-order chi connectivity index (χ1) is 10.1. The van der Waals surface area contributed by atoms with Crippen molar-refractivity contribution >= 4 is 32.5 Å². The van der Waals surface area contributed by atoms with Crippen LogP contribution in [-0.4, -0.2) is 35.8 Å². The van der Waals surface area contributed by atoms with E-state index in [1.165, 1.54) is 6.66 Å². The highest BCUT2D eigenvalue weighted by Gasteiger charge is 2.27. The topological polar surface area (TPSA) is 64.3 Å². The molecule has 0 aromatic carbocycles. The molecule has 0 saturated carbocycles. The van der Waals surface area contributed by atoms with Crippen molar-refractivity contribution in [2.24, 2.45) is 0 Å². The Kier molecular flexibility index (Phi) is 7.34. The minimum atomic E-state index is -3.49. The SMILES string of the molecule is CCCCc1nc(Cl)c(P(C)(=O)O)n1COCC[Si](C)(C)C. The van der Waals surface area contributed by atoms with Crippen molar-refractivity contribution in [3.63, 3.8) is 0 Å². The van der Waals surface area contributed by atoms with Crippen molar-refractivity contribution in [3.05, 3.63) is 11.0 Å². The number of imidazole rings is 1. The highest BCUT2D eigenvalue weighted by molar-refractivity contribution is 7.65. The summed E-state index contributed by atoms with van der Waals surface area (Å²) < 4.78 is 19.5. The van der Waals surface area contributed by atoms with E-state index in [-0.39, 0.29) is 17.3 Å². The van der Waals surface area contributed by atoms with Gasteiger partial charge in [0, 0.05) is 27.8 Å². The number of unbranched alkanes of at least 4 members (excludes halogenated alkanes) is 1. The summed E-state index contributed by atoms with van der Waals surface area (Å²) >= 11 is 6.09. The first-order valence-corrected chi connectivity index (χ1v) is 13.9. The molecule has 5 nitrogen and oxygen atoms in total. The van der Waals surface area contributed by atoms with Crippen molar-refractivity contribution in [3.8, 4) is 0 Å². The molecule has 0 aliphatic rings. The summed E-state index contributed by atoms with van der Waals surface area (Å²) in [4.78, 5) is 14.2. The van der Waals surface area contributed by atoms with E-state index in [1.807, 2.05) is 0 Å². The maximum absolute atomic E-state index is 12.1. The van der Waals surface area contributed by atoms with Crippen molar-refractivity contribution in [2.75, 3.05) is 13.3 Å². The van der Waals surface area contributed by atoms with Gasteiger partial charge in [-0.1, -0.05) is 44.6 Å². The van der Waals surface area contributed by atoms with Crippen LogP contribution in [0.4, 0.5) is 0 Å². The molecular formula is C14H28ClN2O3PSi. The lowest BCUT2D eigenvalue weighted by Crippen LogP contribution is -2.25. The maximum Gasteiger partial charge on any atom is 0.245 e.